The van der Waals surface area contributed by atoms with Crippen molar-refractivity contribution in [3.8, 4) is 0 Å². The van der Waals surface area contributed by atoms with Crippen LogP contribution in [0.25, 0.3) is 0 Å². The summed E-state index contributed by atoms with van der Waals surface area (Å²) in [5.74, 6) is -6.68. The number of amides is 10. The predicted molar refractivity (Wildman–Crippen MR) is 426 cm³/mol. The molecule has 2 saturated heterocycles. The van der Waals surface area contributed by atoms with E-state index in [1.165, 1.54) is 95.2 Å². The van der Waals surface area contributed by atoms with Gasteiger partial charge in [-0.25, -0.2) is 0 Å². The molecule has 26 nitrogen and oxygen atoms in total. The molecule has 598 valence electrons. The number of benzene rings is 6. The Balaban J connectivity index is 0.000000438. The molecule has 0 aliphatic carbocycles. The molecule has 0 radical (unpaired) electrons. The Morgan fingerprint density at radius 1 is 0.321 bits per heavy atom. The number of ketones is 2. The van der Waals surface area contributed by atoms with Gasteiger partial charge in [0.15, 0.2) is 11.6 Å². The largest absolute Gasteiger partial charge is 0.373 e. The first-order valence-corrected chi connectivity index (χ1v) is 38.4. The number of Topliss-reactive ketones (excluding diaryl/α,β-unsaturated/α-hetero) is 2. The summed E-state index contributed by atoms with van der Waals surface area (Å²) in [6.07, 6.45) is 2.12. The van der Waals surface area contributed by atoms with E-state index in [0.717, 1.165) is 33.4 Å². The predicted octanol–water partition coefficient (Wildman–Crippen LogP) is 6.79. The number of hydrogen-bond donors (Lipinski definition) is 4. The second-order valence-corrected chi connectivity index (χ2v) is 29.4. The summed E-state index contributed by atoms with van der Waals surface area (Å²) >= 11 is 2.97. The van der Waals surface area contributed by atoms with E-state index in [0.29, 0.717) is 25.7 Å². The Morgan fingerprint density at radius 3 is 0.777 bits per heavy atom. The maximum Gasteiger partial charge on any atom is 0.373 e. The molecular weight excluding hydrogens is 1470 g/mol. The second kappa shape index (κ2) is 47.1. The lowest BCUT2D eigenvalue weighted by Gasteiger charge is -2.37. The summed E-state index contributed by atoms with van der Waals surface area (Å²) in [4.78, 5) is 202. The number of likely N-dealkylation sites (N-methyl/N-ethyl adjacent to an activating group) is 6. The number of thioether (sulfide) groups is 2. The molecule has 6 aromatic rings. The number of nitrogens with zero attached hydrogens (tertiary/aromatic N) is 6. The highest BCUT2D eigenvalue weighted by Crippen LogP contribution is 2.50. The Kier molecular flexibility index (Phi) is 39.2. The van der Waals surface area contributed by atoms with Crippen LogP contribution in [0.2, 0.25) is 0 Å². The van der Waals surface area contributed by atoms with Gasteiger partial charge in [0, 0.05) is 78.5 Å². The SMILES string of the molecule is C.CCC[C@@H]1NC(=O)CN(C)C(=O)[C@H](CC)CC(=O)CN(C)C(=O)[C@H](CSC(c2ccccc2)(c2ccccc2)c2ccccc2)NC(=O)CN(C)C1=O.CC[C@@H]1CC(=O)CN(C)C(=O)[C@H](CSC(c2ccccc2)(c2ccccc2)c2ccccc2)NC(=O)CN(C)C(=O)[C@H](CC)NC(=O)CN(C)C1=O.O=C=O.O=C=O. The Morgan fingerprint density at radius 2 is 0.536 bits per heavy atom. The zero-order valence-electron chi connectivity index (χ0n) is 64.4. The van der Waals surface area contributed by atoms with Crippen LogP contribution in [0.3, 0.4) is 0 Å². The Bertz CT molecular complexity index is 3950. The van der Waals surface area contributed by atoms with Crippen LogP contribution in [0.1, 0.15) is 113 Å². The third-order valence-electron chi connectivity index (χ3n) is 18.8. The molecule has 0 spiro atoms. The van der Waals surface area contributed by atoms with E-state index in [4.69, 9.17) is 19.2 Å². The van der Waals surface area contributed by atoms with Crippen LogP contribution in [-0.2, 0) is 86.2 Å². The highest BCUT2D eigenvalue weighted by molar-refractivity contribution is 8.01. The minimum Gasteiger partial charge on any atom is -0.343 e. The fourth-order valence-corrected chi connectivity index (χ4v) is 16.3. The number of hydrogen-bond acceptors (Lipinski definition) is 18. The van der Waals surface area contributed by atoms with E-state index < -0.39 is 92.8 Å². The van der Waals surface area contributed by atoms with Gasteiger partial charge in [0.25, 0.3) is 0 Å². The molecule has 0 aromatic heterocycles. The lowest BCUT2D eigenvalue weighted by molar-refractivity contribution is -0.193. The smallest absolute Gasteiger partial charge is 0.343 e. The van der Waals surface area contributed by atoms with Gasteiger partial charge in [-0.05, 0) is 59.1 Å². The maximum atomic E-state index is 14.3. The van der Waals surface area contributed by atoms with E-state index in [1.54, 1.807) is 20.8 Å². The van der Waals surface area contributed by atoms with E-state index in [9.17, 15) is 57.5 Å². The number of nitrogens with one attached hydrogen (secondary N) is 4. The molecule has 10 amide bonds. The highest BCUT2D eigenvalue weighted by atomic mass is 32.2. The van der Waals surface area contributed by atoms with Crippen molar-refractivity contribution in [3.05, 3.63) is 215 Å². The van der Waals surface area contributed by atoms with Crippen molar-refractivity contribution in [2.24, 2.45) is 11.8 Å². The average Bonchev–Trinajstić information content (AvgIpc) is 0.761. The van der Waals surface area contributed by atoms with Crippen LogP contribution in [0.5, 0.6) is 0 Å². The summed E-state index contributed by atoms with van der Waals surface area (Å²) < 4.78 is -1.59. The van der Waals surface area contributed by atoms with Gasteiger partial charge in [-0.15, -0.1) is 23.5 Å². The monoisotopic (exact) mass is 1570 g/mol. The average molecular weight is 1570 g/mol. The van der Waals surface area contributed by atoms with E-state index in [2.05, 4.69) is 21.3 Å². The van der Waals surface area contributed by atoms with Gasteiger partial charge in [-0.1, -0.05) is 224 Å². The van der Waals surface area contributed by atoms with Gasteiger partial charge in [0.1, 0.15) is 24.2 Å². The number of carbonyl (C=O) groups excluding carboxylic acids is 16. The normalized spacial score (nSPS) is 19.4. The van der Waals surface area contributed by atoms with Crippen LogP contribution in [0, 0.1) is 11.8 Å². The van der Waals surface area contributed by atoms with Crippen molar-refractivity contribution >= 4 is 106 Å². The summed E-state index contributed by atoms with van der Waals surface area (Å²) in [5, 5.41) is 11.1. The maximum absolute atomic E-state index is 14.3. The molecule has 6 aromatic carbocycles. The Labute approximate surface area is 664 Å². The molecule has 4 N–H and O–H groups in total. The zero-order valence-corrected chi connectivity index (χ0v) is 66.1. The molecule has 8 rings (SSSR count). The van der Waals surface area contributed by atoms with Crippen LogP contribution >= 0.6 is 23.5 Å². The first kappa shape index (κ1) is 93.2. The quantitative estimate of drug-likeness (QED) is 0.0683. The van der Waals surface area contributed by atoms with E-state index in [-0.39, 0.29) is 113 Å². The van der Waals surface area contributed by atoms with Crippen molar-refractivity contribution in [2.75, 3.05) is 93.1 Å². The van der Waals surface area contributed by atoms with Crippen LogP contribution in [0.4, 0.5) is 0 Å². The molecule has 2 heterocycles. The van der Waals surface area contributed by atoms with Gasteiger partial charge >= 0.3 is 12.3 Å². The van der Waals surface area contributed by atoms with Gasteiger partial charge in [0.2, 0.25) is 59.1 Å². The van der Waals surface area contributed by atoms with Crippen molar-refractivity contribution < 1.29 is 76.7 Å². The van der Waals surface area contributed by atoms with E-state index >= 15 is 0 Å². The minimum atomic E-state index is -1.09. The van der Waals surface area contributed by atoms with Gasteiger partial charge in [-0.3, -0.25) is 57.5 Å². The first-order valence-electron chi connectivity index (χ1n) is 36.4. The molecule has 2 fully saturated rings. The third kappa shape index (κ3) is 26.2. The zero-order chi connectivity index (χ0) is 81.8. The molecular formula is C84H104N10O16S2. The van der Waals surface area contributed by atoms with Crippen molar-refractivity contribution in [1.82, 2.24) is 50.7 Å². The fraction of sp³-hybridized carbons (Fsp3) is 0.405. The van der Waals surface area contributed by atoms with Crippen LogP contribution in [-0.4, -0.2) is 230 Å². The van der Waals surface area contributed by atoms with Crippen molar-refractivity contribution in [1.29, 1.82) is 0 Å². The molecule has 2 aliphatic heterocycles. The molecule has 2 aliphatic rings. The summed E-state index contributed by atoms with van der Waals surface area (Å²) in [5.41, 5.74) is 5.83. The van der Waals surface area contributed by atoms with Crippen molar-refractivity contribution in [2.45, 2.75) is 114 Å². The van der Waals surface area contributed by atoms with Gasteiger partial charge in [-0.2, -0.15) is 19.2 Å². The fourth-order valence-electron chi connectivity index (χ4n) is 13.2. The lowest BCUT2D eigenvalue weighted by Crippen LogP contribution is -2.55. The molecule has 0 bridgehead atoms. The summed E-state index contributed by atoms with van der Waals surface area (Å²) in [7, 11) is 8.90. The van der Waals surface area contributed by atoms with Gasteiger partial charge < -0.3 is 50.7 Å². The number of carbonyl (C=O) groups is 12. The lowest BCUT2D eigenvalue weighted by atomic mass is 9.84. The summed E-state index contributed by atoms with van der Waals surface area (Å²) in [6, 6.07) is 55.6. The minimum absolute atomic E-state index is 0. The topological polar surface area (TPSA) is 341 Å². The second-order valence-electron chi connectivity index (χ2n) is 26.9. The highest BCUT2D eigenvalue weighted by Gasteiger charge is 2.42. The molecule has 0 unspecified atom stereocenters. The molecule has 6 atom stereocenters. The molecule has 0 saturated carbocycles. The van der Waals surface area contributed by atoms with E-state index in [1.807, 2.05) is 189 Å². The number of rotatable bonds is 17. The van der Waals surface area contributed by atoms with Crippen molar-refractivity contribution in [3.63, 3.8) is 0 Å². The van der Waals surface area contributed by atoms with Crippen LogP contribution < -0.4 is 21.3 Å². The first-order chi connectivity index (χ1) is 53.1. The van der Waals surface area contributed by atoms with Crippen LogP contribution in [0.15, 0.2) is 182 Å². The standard InChI is InChI=1S/C41H51N5O6S.C40H49N5O6S.2CO2.CH4/c1-6-17-34-39(51)46(5)27-37(49)43-35(40(52)44(3)25-33(47)24-29(7-2)38(50)45(4)26-36(48)42-34)28-53-41(30-18-11-8-12-19-30,31-20-13-9-14-21-31)32-22-15-10-16-23-32;1-6-28-23-32(46)24-43(3)39(51)34(42-36(48)26-45(5)38(50)33(7-2)41-35(47)25-44(4)37(28)49)27-52-40(29-17-11-8-12-18-29,30-19-13-9-14-20-30)31-21-15-10-16-22-31;2*2-1-3;/h8-16,18-23,29,34-35H,6-7,17,24-28H2,1-5H3,(H,42,48)(H,43,49);8-22,28,33-34H,6-7,23-27H2,1-5H3,(H,41,47)(H,42,48);;;1H4/t29-,34+,35+;28-,33+,34+;;;/m11.../s1. The molecule has 112 heavy (non-hydrogen) atoms. The third-order valence-corrected chi connectivity index (χ3v) is 22.1. The van der Waals surface area contributed by atoms with Gasteiger partial charge in [0.05, 0.1) is 48.8 Å². The Hall–Kier alpha value is -11.2. The summed E-state index contributed by atoms with van der Waals surface area (Å²) in [6.45, 7) is 5.29. The molecule has 28 heteroatoms.